The summed E-state index contributed by atoms with van der Waals surface area (Å²) in [4.78, 5) is 9.01. The van der Waals surface area contributed by atoms with Crippen LogP contribution in [0.4, 0.5) is 8.78 Å². The Hall–Kier alpha value is -2.17. The lowest BCUT2D eigenvalue weighted by Crippen LogP contribution is -2.24. The number of fused-ring (bicyclic) bond motifs is 3. The Balaban J connectivity index is 2.37. The topological polar surface area (TPSA) is 34.1 Å². The summed E-state index contributed by atoms with van der Waals surface area (Å²) >= 11 is 0. The van der Waals surface area contributed by atoms with Gasteiger partial charge < -0.3 is 4.84 Å². The van der Waals surface area contributed by atoms with Gasteiger partial charge in [-0.25, -0.2) is 14.3 Å². The Bertz CT molecular complexity index is 640. The average Bonchev–Trinajstić information content (AvgIpc) is 2.33. The number of rotatable bonds is 0. The van der Waals surface area contributed by atoms with E-state index < -0.39 is 11.6 Å². The van der Waals surface area contributed by atoms with E-state index in [1.807, 2.05) is 0 Å². The number of halogens is 2. The van der Waals surface area contributed by atoms with Crippen LogP contribution in [0.15, 0.2) is 30.6 Å². The molecule has 1 N–H and O–H groups in total. The second-order valence-electron chi connectivity index (χ2n) is 3.85. The van der Waals surface area contributed by atoms with Gasteiger partial charge in [-0.1, -0.05) is 12.6 Å². The van der Waals surface area contributed by atoms with Gasteiger partial charge in [0, 0.05) is 17.7 Å². The molecule has 2 heterocycles. The highest BCUT2D eigenvalue weighted by Crippen LogP contribution is 2.34. The maximum atomic E-state index is 13.7. The Morgan fingerprint density at radius 2 is 2.18 bits per heavy atom. The molecule has 0 aliphatic carbocycles. The predicted molar refractivity (Wildman–Crippen MR) is 58.3 cm³/mol. The number of pyridine rings is 1. The number of nitrogens with zero attached hydrogens (tertiary/aromatic N) is 1. The molecule has 0 radical (unpaired) electrons. The highest BCUT2D eigenvalue weighted by atomic mass is 19.2. The maximum absolute atomic E-state index is 13.7. The largest absolute Gasteiger partial charge is 0.381 e. The van der Waals surface area contributed by atoms with Crippen LogP contribution in [0.25, 0.3) is 10.9 Å². The van der Waals surface area contributed by atoms with Gasteiger partial charge in [0.05, 0.1) is 17.1 Å². The Morgan fingerprint density at radius 3 is 3.00 bits per heavy atom. The van der Waals surface area contributed by atoms with Crippen LogP contribution < -0.4 is 10.3 Å². The Morgan fingerprint density at radius 1 is 1.35 bits per heavy atom. The zero-order chi connectivity index (χ0) is 12.0. The maximum Gasteiger partial charge on any atom is 0.177 e. The first kappa shape index (κ1) is 10.0. The predicted octanol–water partition coefficient (Wildman–Crippen LogP) is 2.47. The molecule has 0 saturated carbocycles. The van der Waals surface area contributed by atoms with Crippen molar-refractivity contribution in [2.45, 2.75) is 6.42 Å². The number of allylic oxidation sites excluding steroid dienone is 1. The molecule has 0 bridgehead atoms. The van der Waals surface area contributed by atoms with Gasteiger partial charge in [-0.3, -0.25) is 4.98 Å². The number of benzene rings is 1. The lowest BCUT2D eigenvalue weighted by molar-refractivity contribution is 0.214. The smallest absolute Gasteiger partial charge is 0.177 e. The molecule has 0 fully saturated rings. The third-order valence-corrected chi connectivity index (χ3v) is 2.66. The van der Waals surface area contributed by atoms with E-state index >= 15 is 0 Å². The highest BCUT2D eigenvalue weighted by Gasteiger charge is 2.20. The summed E-state index contributed by atoms with van der Waals surface area (Å²) < 4.78 is 26.9. The Labute approximate surface area is 95.7 Å². The van der Waals surface area contributed by atoms with Crippen LogP contribution in [0.3, 0.4) is 0 Å². The third kappa shape index (κ3) is 1.43. The van der Waals surface area contributed by atoms with Crippen LogP contribution in [0.1, 0.15) is 5.56 Å². The summed E-state index contributed by atoms with van der Waals surface area (Å²) in [6.45, 7) is 3.71. The van der Waals surface area contributed by atoms with Crippen molar-refractivity contribution in [1.29, 1.82) is 0 Å². The molecule has 2 aromatic rings. The summed E-state index contributed by atoms with van der Waals surface area (Å²) in [5.41, 5.74) is 4.35. The van der Waals surface area contributed by atoms with Crippen molar-refractivity contribution in [3.63, 3.8) is 0 Å². The lowest BCUT2D eigenvalue weighted by atomic mass is 10.0. The van der Waals surface area contributed by atoms with Gasteiger partial charge in [0.2, 0.25) is 0 Å². The summed E-state index contributed by atoms with van der Waals surface area (Å²) in [6, 6.07) is 3.41. The van der Waals surface area contributed by atoms with Gasteiger partial charge in [0.1, 0.15) is 0 Å². The van der Waals surface area contributed by atoms with Crippen molar-refractivity contribution in [3.05, 3.63) is 47.8 Å². The van der Waals surface area contributed by atoms with E-state index in [4.69, 9.17) is 4.84 Å². The molecular weight excluding hydrogens is 226 g/mol. The zero-order valence-electron chi connectivity index (χ0n) is 8.76. The summed E-state index contributed by atoms with van der Waals surface area (Å²) in [5, 5.41) is 0.0579. The number of hydrogen-bond donors (Lipinski definition) is 1. The fourth-order valence-electron chi connectivity index (χ4n) is 1.88. The standard InChI is InChI=1S/C12H8F2N2O/c1-6-4-7-2-3-9-10(12(7)17-16-6)11(14)8(13)5-15-9/h2-3,5,16H,1,4H2. The average molecular weight is 234 g/mol. The number of hydrogen-bond acceptors (Lipinski definition) is 3. The normalized spacial score (nSPS) is 14.1. The van der Waals surface area contributed by atoms with E-state index in [0.29, 0.717) is 17.6 Å². The summed E-state index contributed by atoms with van der Waals surface area (Å²) in [6.07, 6.45) is 1.38. The molecule has 0 spiro atoms. The van der Waals surface area contributed by atoms with Gasteiger partial charge in [-0.2, -0.15) is 0 Å². The molecule has 3 nitrogen and oxygen atoms in total. The fraction of sp³-hybridized carbons (Fsp3) is 0.0833. The number of nitrogens with one attached hydrogen (secondary N) is 1. The molecule has 0 atom stereocenters. The minimum Gasteiger partial charge on any atom is -0.381 e. The van der Waals surface area contributed by atoms with E-state index in [2.05, 4.69) is 17.0 Å². The minimum atomic E-state index is -0.987. The van der Waals surface area contributed by atoms with Gasteiger partial charge >= 0.3 is 0 Å². The molecule has 5 heteroatoms. The minimum absolute atomic E-state index is 0.0579. The molecule has 0 unspecified atom stereocenters. The molecule has 86 valence electrons. The van der Waals surface area contributed by atoms with Gasteiger partial charge in [0.15, 0.2) is 17.4 Å². The van der Waals surface area contributed by atoms with E-state index in [1.54, 1.807) is 12.1 Å². The van der Waals surface area contributed by atoms with Crippen molar-refractivity contribution in [1.82, 2.24) is 10.5 Å². The van der Waals surface area contributed by atoms with Crippen LogP contribution in [0, 0.1) is 11.6 Å². The van der Waals surface area contributed by atoms with Crippen LogP contribution >= 0.6 is 0 Å². The van der Waals surface area contributed by atoms with E-state index in [1.165, 1.54) is 0 Å². The molecule has 1 aromatic carbocycles. The van der Waals surface area contributed by atoms with Crippen molar-refractivity contribution in [2.24, 2.45) is 0 Å². The highest BCUT2D eigenvalue weighted by molar-refractivity contribution is 5.87. The molecule has 17 heavy (non-hydrogen) atoms. The molecule has 0 saturated heterocycles. The summed E-state index contributed by atoms with van der Waals surface area (Å²) in [7, 11) is 0. The van der Waals surface area contributed by atoms with Crippen molar-refractivity contribution < 1.29 is 13.6 Å². The summed E-state index contributed by atoms with van der Waals surface area (Å²) in [5.74, 6) is -1.65. The molecule has 1 aromatic heterocycles. The molecular formula is C12H8F2N2O. The molecule has 3 rings (SSSR count). The molecule has 0 amide bonds. The first-order valence-corrected chi connectivity index (χ1v) is 5.03. The zero-order valence-corrected chi connectivity index (χ0v) is 8.76. The number of aromatic nitrogens is 1. The van der Waals surface area contributed by atoms with Crippen molar-refractivity contribution >= 4 is 10.9 Å². The second kappa shape index (κ2) is 3.41. The van der Waals surface area contributed by atoms with Crippen LogP contribution in [0.2, 0.25) is 0 Å². The second-order valence-corrected chi connectivity index (χ2v) is 3.85. The van der Waals surface area contributed by atoms with Gasteiger partial charge in [0.25, 0.3) is 0 Å². The van der Waals surface area contributed by atoms with Gasteiger partial charge in [-0.15, -0.1) is 0 Å². The monoisotopic (exact) mass is 234 g/mol. The Kier molecular flexibility index (Phi) is 2.01. The van der Waals surface area contributed by atoms with E-state index in [0.717, 1.165) is 11.8 Å². The fourth-order valence-corrected chi connectivity index (χ4v) is 1.88. The molecule has 1 aliphatic rings. The van der Waals surface area contributed by atoms with E-state index in [-0.39, 0.29) is 11.1 Å². The molecule has 1 aliphatic heterocycles. The van der Waals surface area contributed by atoms with Crippen LogP contribution in [0.5, 0.6) is 5.75 Å². The van der Waals surface area contributed by atoms with Crippen LogP contribution in [-0.4, -0.2) is 4.98 Å². The van der Waals surface area contributed by atoms with Crippen molar-refractivity contribution in [3.8, 4) is 5.75 Å². The quantitative estimate of drug-likeness (QED) is 0.760. The van der Waals surface area contributed by atoms with Crippen LogP contribution in [-0.2, 0) is 6.42 Å². The third-order valence-electron chi connectivity index (χ3n) is 2.66. The number of hydroxylamine groups is 1. The van der Waals surface area contributed by atoms with E-state index in [9.17, 15) is 8.78 Å². The lowest BCUT2D eigenvalue weighted by Gasteiger charge is -2.21. The first-order valence-electron chi connectivity index (χ1n) is 5.03. The van der Waals surface area contributed by atoms with Crippen molar-refractivity contribution in [2.75, 3.05) is 0 Å². The SMILES string of the molecule is C=C1Cc2ccc3ncc(F)c(F)c3c2ON1. The van der Waals surface area contributed by atoms with Gasteiger partial charge in [-0.05, 0) is 6.07 Å². The first-order chi connectivity index (χ1) is 8.16.